The number of aliphatic carboxylic acids is 1. The minimum absolute atomic E-state index is 0.404. The summed E-state index contributed by atoms with van der Waals surface area (Å²) in [6.45, 7) is 1.98. The van der Waals surface area contributed by atoms with Crippen LogP contribution in [0.25, 0.3) is 0 Å². The van der Waals surface area contributed by atoms with Gasteiger partial charge in [0, 0.05) is 18.8 Å². The lowest BCUT2D eigenvalue weighted by molar-refractivity contribution is -0.139. The van der Waals surface area contributed by atoms with Crippen LogP contribution in [-0.4, -0.2) is 20.9 Å². The summed E-state index contributed by atoms with van der Waals surface area (Å²) in [5, 5.41) is 12.9. The van der Waals surface area contributed by atoms with Gasteiger partial charge in [-0.1, -0.05) is 13.3 Å². The Morgan fingerprint density at radius 1 is 1.77 bits per heavy atom. The predicted octanol–water partition coefficient (Wildman–Crippen LogP) is 1.39. The second kappa shape index (κ2) is 4.07. The quantitative estimate of drug-likeness (QED) is 0.765. The summed E-state index contributed by atoms with van der Waals surface area (Å²) in [6.07, 6.45) is 4.91. The molecule has 72 valence electrons. The van der Waals surface area contributed by atoms with Gasteiger partial charge in [0.2, 0.25) is 0 Å². The van der Waals surface area contributed by atoms with Crippen LogP contribution in [0.4, 0.5) is 0 Å². The summed E-state index contributed by atoms with van der Waals surface area (Å²) in [4.78, 5) is 10.9. The molecule has 1 rings (SSSR count). The highest BCUT2D eigenvalue weighted by atomic mass is 16.4. The molecule has 4 nitrogen and oxygen atoms in total. The Morgan fingerprint density at radius 3 is 2.85 bits per heavy atom. The van der Waals surface area contributed by atoms with Gasteiger partial charge in [0.15, 0.2) is 0 Å². The molecule has 0 aliphatic heterocycles. The third kappa shape index (κ3) is 2.31. The van der Waals surface area contributed by atoms with Crippen LogP contribution in [0.2, 0.25) is 0 Å². The summed E-state index contributed by atoms with van der Waals surface area (Å²) >= 11 is 0. The van der Waals surface area contributed by atoms with E-state index in [2.05, 4.69) is 5.10 Å². The molecule has 4 heteroatoms. The topological polar surface area (TPSA) is 55.1 Å². The number of aryl methyl sites for hydroxylation is 1. The van der Waals surface area contributed by atoms with Crippen LogP contribution in [0.1, 0.15) is 31.2 Å². The van der Waals surface area contributed by atoms with Crippen molar-refractivity contribution in [2.24, 2.45) is 7.05 Å². The number of carboxylic acid groups (broad SMARTS) is 1. The van der Waals surface area contributed by atoms with Crippen LogP contribution in [0, 0.1) is 0 Å². The highest BCUT2D eigenvalue weighted by Crippen LogP contribution is 2.20. The standard InChI is InChI=1S/C9H14N2O2/c1-3-4-8(9(12)13)7-5-10-11(2)6-7/h5-6,8H,3-4H2,1-2H3,(H,12,13). The summed E-state index contributed by atoms with van der Waals surface area (Å²) in [6, 6.07) is 0. The summed E-state index contributed by atoms with van der Waals surface area (Å²) in [5.41, 5.74) is 0.789. The lowest BCUT2D eigenvalue weighted by Gasteiger charge is -2.07. The third-order valence-electron chi connectivity index (χ3n) is 2.00. The molecule has 13 heavy (non-hydrogen) atoms. The van der Waals surface area contributed by atoms with E-state index in [4.69, 9.17) is 5.11 Å². The van der Waals surface area contributed by atoms with E-state index in [1.807, 2.05) is 6.92 Å². The Kier molecular flexibility index (Phi) is 3.06. The maximum Gasteiger partial charge on any atom is 0.311 e. The Hall–Kier alpha value is -1.32. The monoisotopic (exact) mass is 182 g/mol. The molecule has 0 spiro atoms. The first kappa shape index (κ1) is 9.77. The second-order valence-electron chi connectivity index (χ2n) is 3.13. The number of carbonyl (C=O) groups is 1. The fraction of sp³-hybridized carbons (Fsp3) is 0.556. The van der Waals surface area contributed by atoms with Gasteiger partial charge in [0.05, 0.1) is 12.1 Å². The Bertz CT molecular complexity index is 294. The predicted molar refractivity (Wildman–Crippen MR) is 48.5 cm³/mol. The van der Waals surface area contributed by atoms with Crippen molar-refractivity contribution in [3.05, 3.63) is 18.0 Å². The van der Waals surface area contributed by atoms with Crippen molar-refractivity contribution in [3.63, 3.8) is 0 Å². The number of rotatable bonds is 4. The van der Waals surface area contributed by atoms with E-state index in [1.165, 1.54) is 0 Å². The van der Waals surface area contributed by atoms with E-state index in [1.54, 1.807) is 24.1 Å². The molecule has 1 unspecified atom stereocenters. The molecule has 0 saturated heterocycles. The Balaban J connectivity index is 2.81. The average molecular weight is 182 g/mol. The zero-order valence-electron chi connectivity index (χ0n) is 7.90. The van der Waals surface area contributed by atoms with Crippen molar-refractivity contribution < 1.29 is 9.90 Å². The molecular formula is C9H14N2O2. The maximum atomic E-state index is 10.9. The zero-order valence-corrected chi connectivity index (χ0v) is 7.90. The molecule has 0 radical (unpaired) electrons. The van der Waals surface area contributed by atoms with E-state index >= 15 is 0 Å². The number of hydrogen-bond acceptors (Lipinski definition) is 2. The van der Waals surface area contributed by atoms with Crippen molar-refractivity contribution in [2.45, 2.75) is 25.7 Å². The van der Waals surface area contributed by atoms with Gasteiger partial charge >= 0.3 is 5.97 Å². The number of nitrogens with zero attached hydrogens (tertiary/aromatic N) is 2. The van der Waals surface area contributed by atoms with Gasteiger partial charge in [-0.15, -0.1) is 0 Å². The van der Waals surface area contributed by atoms with Crippen molar-refractivity contribution in [1.82, 2.24) is 9.78 Å². The van der Waals surface area contributed by atoms with Gasteiger partial charge in [0.1, 0.15) is 0 Å². The Labute approximate surface area is 77.2 Å². The molecule has 0 aromatic carbocycles. The first-order chi connectivity index (χ1) is 6.15. The number of carboxylic acids is 1. The minimum Gasteiger partial charge on any atom is -0.481 e. The van der Waals surface area contributed by atoms with Crippen molar-refractivity contribution >= 4 is 5.97 Å². The average Bonchev–Trinajstić information content (AvgIpc) is 2.46. The summed E-state index contributed by atoms with van der Waals surface area (Å²) in [7, 11) is 1.79. The summed E-state index contributed by atoms with van der Waals surface area (Å²) in [5.74, 6) is -1.17. The van der Waals surface area contributed by atoms with E-state index in [9.17, 15) is 4.79 Å². The fourth-order valence-corrected chi connectivity index (χ4v) is 1.34. The normalized spacial score (nSPS) is 12.8. The van der Waals surface area contributed by atoms with Crippen LogP contribution in [0.15, 0.2) is 12.4 Å². The van der Waals surface area contributed by atoms with E-state index < -0.39 is 11.9 Å². The molecule has 1 N–H and O–H groups in total. The van der Waals surface area contributed by atoms with Gasteiger partial charge in [-0.3, -0.25) is 9.48 Å². The van der Waals surface area contributed by atoms with Gasteiger partial charge in [-0.2, -0.15) is 5.10 Å². The summed E-state index contributed by atoms with van der Waals surface area (Å²) < 4.78 is 1.63. The van der Waals surface area contributed by atoms with Gasteiger partial charge in [-0.25, -0.2) is 0 Å². The van der Waals surface area contributed by atoms with Crippen molar-refractivity contribution in [3.8, 4) is 0 Å². The van der Waals surface area contributed by atoms with E-state index in [0.717, 1.165) is 12.0 Å². The first-order valence-electron chi connectivity index (χ1n) is 4.36. The van der Waals surface area contributed by atoms with Crippen LogP contribution < -0.4 is 0 Å². The molecule has 1 heterocycles. The molecule has 0 aliphatic rings. The van der Waals surface area contributed by atoms with Crippen LogP contribution >= 0.6 is 0 Å². The zero-order chi connectivity index (χ0) is 9.84. The maximum absolute atomic E-state index is 10.9. The van der Waals surface area contributed by atoms with Gasteiger partial charge in [-0.05, 0) is 6.42 Å². The smallest absolute Gasteiger partial charge is 0.311 e. The number of hydrogen-bond donors (Lipinski definition) is 1. The molecule has 0 fully saturated rings. The molecule has 1 atom stereocenters. The Morgan fingerprint density at radius 2 is 2.46 bits per heavy atom. The lowest BCUT2D eigenvalue weighted by atomic mass is 9.98. The molecule has 0 amide bonds. The van der Waals surface area contributed by atoms with Crippen LogP contribution in [0.5, 0.6) is 0 Å². The highest BCUT2D eigenvalue weighted by molar-refractivity contribution is 5.75. The lowest BCUT2D eigenvalue weighted by Crippen LogP contribution is -2.10. The van der Waals surface area contributed by atoms with Crippen molar-refractivity contribution in [1.29, 1.82) is 0 Å². The third-order valence-corrected chi connectivity index (χ3v) is 2.00. The first-order valence-corrected chi connectivity index (χ1v) is 4.36. The van der Waals surface area contributed by atoms with Crippen LogP contribution in [-0.2, 0) is 11.8 Å². The SMILES string of the molecule is CCCC(C(=O)O)c1cnn(C)c1. The van der Waals surface area contributed by atoms with Gasteiger partial charge < -0.3 is 5.11 Å². The molecule has 1 aromatic rings. The number of aromatic nitrogens is 2. The van der Waals surface area contributed by atoms with Gasteiger partial charge in [0.25, 0.3) is 0 Å². The highest BCUT2D eigenvalue weighted by Gasteiger charge is 2.19. The van der Waals surface area contributed by atoms with E-state index in [-0.39, 0.29) is 0 Å². The minimum atomic E-state index is -0.769. The molecule has 0 saturated carbocycles. The van der Waals surface area contributed by atoms with E-state index in [0.29, 0.717) is 6.42 Å². The molecule has 0 bridgehead atoms. The molecular weight excluding hydrogens is 168 g/mol. The molecule has 1 aromatic heterocycles. The second-order valence-corrected chi connectivity index (χ2v) is 3.13. The van der Waals surface area contributed by atoms with Crippen LogP contribution in [0.3, 0.4) is 0 Å². The fourth-order valence-electron chi connectivity index (χ4n) is 1.34. The van der Waals surface area contributed by atoms with Crippen molar-refractivity contribution in [2.75, 3.05) is 0 Å². The molecule has 0 aliphatic carbocycles. The largest absolute Gasteiger partial charge is 0.481 e.